The van der Waals surface area contributed by atoms with Gasteiger partial charge in [0, 0.05) is 24.6 Å². The number of benzene rings is 1. The number of halogens is 1. The normalized spacial score (nSPS) is 10.8. The summed E-state index contributed by atoms with van der Waals surface area (Å²) in [5.41, 5.74) is 0.133. The monoisotopic (exact) mass is 354 g/mol. The second-order valence-corrected chi connectivity index (χ2v) is 6.44. The fraction of sp³-hybridized carbons (Fsp3) is 0.250. The summed E-state index contributed by atoms with van der Waals surface area (Å²) in [6, 6.07) is 6.58. The molecule has 0 spiro atoms. The Hall–Kier alpha value is -3.20. The highest BCUT2D eigenvalue weighted by Crippen LogP contribution is 2.19. The number of nitrogens with one attached hydrogen (secondary N) is 1. The third-order valence-electron chi connectivity index (χ3n) is 3.67. The number of ketones is 1. The maximum absolute atomic E-state index is 13.2. The van der Waals surface area contributed by atoms with Crippen LogP contribution >= 0.6 is 0 Å². The van der Waals surface area contributed by atoms with Gasteiger partial charge in [0.1, 0.15) is 23.0 Å². The predicted octanol–water partition coefficient (Wildman–Crippen LogP) is 2.42. The van der Waals surface area contributed by atoms with Gasteiger partial charge >= 0.3 is 0 Å². The van der Waals surface area contributed by atoms with E-state index in [-0.39, 0.29) is 35.6 Å². The third-order valence-corrected chi connectivity index (χ3v) is 3.67. The second-order valence-electron chi connectivity index (χ2n) is 6.44. The number of hydrogen-bond acceptors (Lipinski definition) is 4. The summed E-state index contributed by atoms with van der Waals surface area (Å²) >= 11 is 0. The van der Waals surface area contributed by atoms with Crippen LogP contribution in [0.3, 0.4) is 0 Å². The van der Waals surface area contributed by atoms with Gasteiger partial charge in [-0.3, -0.25) is 14.6 Å². The molecule has 1 heterocycles. The third kappa shape index (κ3) is 5.15. The van der Waals surface area contributed by atoms with Crippen molar-refractivity contribution in [1.82, 2.24) is 10.3 Å². The van der Waals surface area contributed by atoms with E-state index < -0.39 is 17.3 Å². The van der Waals surface area contributed by atoms with E-state index in [1.807, 2.05) is 0 Å². The highest BCUT2D eigenvalue weighted by Gasteiger charge is 2.19. The molecule has 0 fully saturated rings. The number of phenolic OH excluding ortho intramolecular Hbond substituents is 1. The Balaban J connectivity index is 2.08. The molecule has 2 rings (SSSR count). The number of aromatic nitrogens is 1. The number of carbonyl (C=O) groups is 2. The van der Waals surface area contributed by atoms with Gasteiger partial charge in [0.15, 0.2) is 0 Å². The number of aromatic hydroxyl groups is 1. The molecule has 0 unspecified atom stereocenters. The Labute approximate surface area is 151 Å². The SMILES string of the molecule is C#CC(C)(C)NC(=O)c1cc(CC(=O)Cc2cc(F)ccc2O)ccn1. The number of terminal acetylenes is 1. The minimum absolute atomic E-state index is 0.0251. The average molecular weight is 354 g/mol. The molecule has 0 radical (unpaired) electrons. The Morgan fingerprint density at radius 1 is 1.27 bits per heavy atom. The van der Waals surface area contributed by atoms with E-state index in [9.17, 15) is 19.1 Å². The van der Waals surface area contributed by atoms with Crippen LogP contribution in [-0.2, 0) is 17.6 Å². The largest absolute Gasteiger partial charge is 0.508 e. The van der Waals surface area contributed by atoms with E-state index in [1.54, 1.807) is 19.9 Å². The average Bonchev–Trinajstić information content (AvgIpc) is 2.58. The summed E-state index contributed by atoms with van der Waals surface area (Å²) < 4.78 is 13.2. The van der Waals surface area contributed by atoms with Crippen LogP contribution in [-0.4, -0.2) is 27.3 Å². The van der Waals surface area contributed by atoms with E-state index in [4.69, 9.17) is 6.42 Å². The molecule has 0 aliphatic heterocycles. The van der Waals surface area contributed by atoms with Crippen molar-refractivity contribution in [3.8, 4) is 18.1 Å². The minimum atomic E-state index is -0.820. The molecule has 1 aromatic heterocycles. The Morgan fingerprint density at radius 2 is 2.00 bits per heavy atom. The van der Waals surface area contributed by atoms with E-state index in [0.717, 1.165) is 12.1 Å². The van der Waals surface area contributed by atoms with Crippen LogP contribution in [0, 0.1) is 18.2 Å². The van der Waals surface area contributed by atoms with Crippen molar-refractivity contribution in [2.45, 2.75) is 32.2 Å². The van der Waals surface area contributed by atoms with Crippen LogP contribution < -0.4 is 5.32 Å². The minimum Gasteiger partial charge on any atom is -0.508 e. The zero-order valence-corrected chi connectivity index (χ0v) is 14.5. The molecule has 5 nitrogen and oxygen atoms in total. The van der Waals surface area contributed by atoms with Gasteiger partial charge in [0.05, 0.1) is 5.54 Å². The smallest absolute Gasteiger partial charge is 0.271 e. The van der Waals surface area contributed by atoms with Gasteiger partial charge in [0.2, 0.25) is 0 Å². The van der Waals surface area contributed by atoms with Gasteiger partial charge in [-0.25, -0.2) is 4.39 Å². The van der Waals surface area contributed by atoms with Crippen molar-refractivity contribution < 1.29 is 19.1 Å². The molecule has 0 atom stereocenters. The number of hydrogen-bond donors (Lipinski definition) is 2. The van der Waals surface area contributed by atoms with Crippen molar-refractivity contribution in [1.29, 1.82) is 0 Å². The molecule has 26 heavy (non-hydrogen) atoms. The molecular weight excluding hydrogens is 335 g/mol. The lowest BCUT2D eigenvalue weighted by molar-refractivity contribution is -0.117. The summed E-state index contributed by atoms with van der Waals surface area (Å²) in [6.45, 7) is 3.37. The lowest BCUT2D eigenvalue weighted by Gasteiger charge is -2.19. The van der Waals surface area contributed by atoms with E-state index in [2.05, 4.69) is 16.2 Å². The van der Waals surface area contributed by atoms with Crippen LogP contribution in [0.2, 0.25) is 0 Å². The van der Waals surface area contributed by atoms with E-state index in [0.29, 0.717) is 5.56 Å². The van der Waals surface area contributed by atoms with Gasteiger partial charge in [-0.15, -0.1) is 6.42 Å². The van der Waals surface area contributed by atoms with Crippen LogP contribution in [0.5, 0.6) is 5.75 Å². The molecule has 0 bridgehead atoms. The van der Waals surface area contributed by atoms with Gasteiger partial charge < -0.3 is 10.4 Å². The number of carbonyl (C=O) groups excluding carboxylic acids is 2. The van der Waals surface area contributed by atoms with Crippen LogP contribution in [0.1, 0.15) is 35.5 Å². The molecule has 0 saturated heterocycles. The van der Waals surface area contributed by atoms with Crippen molar-refractivity contribution in [3.63, 3.8) is 0 Å². The lowest BCUT2D eigenvalue weighted by atomic mass is 10.0. The Bertz CT molecular complexity index is 885. The molecule has 6 heteroatoms. The number of pyridine rings is 1. The Kier molecular flexibility index (Phi) is 5.73. The van der Waals surface area contributed by atoms with Gasteiger partial charge in [-0.2, -0.15) is 0 Å². The number of amides is 1. The van der Waals surface area contributed by atoms with Crippen molar-refractivity contribution in [2.24, 2.45) is 0 Å². The second kappa shape index (κ2) is 7.79. The van der Waals surface area contributed by atoms with E-state index in [1.165, 1.54) is 18.3 Å². The standard InChI is InChI=1S/C20H19FN2O3/c1-4-20(2,3)23-19(26)17-10-13(7-8-22-17)9-16(24)12-14-11-15(21)5-6-18(14)25/h1,5-8,10-11,25H,9,12H2,2-3H3,(H,23,26). The number of Topliss-reactive ketones (excluding diaryl/α,β-unsaturated/α-hetero) is 1. The molecule has 0 aliphatic rings. The van der Waals surface area contributed by atoms with Crippen LogP contribution in [0.25, 0.3) is 0 Å². The summed E-state index contributed by atoms with van der Waals surface area (Å²) in [7, 11) is 0. The van der Waals surface area contributed by atoms with Gasteiger partial charge in [-0.1, -0.05) is 5.92 Å². The molecule has 2 N–H and O–H groups in total. The zero-order chi connectivity index (χ0) is 19.3. The topological polar surface area (TPSA) is 79.3 Å². The molecule has 1 amide bonds. The highest BCUT2D eigenvalue weighted by atomic mass is 19.1. The van der Waals surface area contributed by atoms with Crippen molar-refractivity contribution in [2.75, 3.05) is 0 Å². The van der Waals surface area contributed by atoms with Gasteiger partial charge in [0.25, 0.3) is 5.91 Å². The molecular formula is C20H19FN2O3. The number of rotatable bonds is 6. The molecule has 0 saturated carbocycles. The number of nitrogens with zero attached hydrogens (tertiary/aromatic N) is 1. The first-order valence-electron chi connectivity index (χ1n) is 7.94. The number of phenols is 1. The van der Waals surface area contributed by atoms with Crippen LogP contribution in [0.15, 0.2) is 36.5 Å². The summed E-state index contributed by atoms with van der Waals surface area (Å²) in [5.74, 6) is 1.13. The van der Waals surface area contributed by atoms with E-state index >= 15 is 0 Å². The first-order chi connectivity index (χ1) is 12.2. The summed E-state index contributed by atoms with van der Waals surface area (Å²) in [5, 5.41) is 12.4. The van der Waals surface area contributed by atoms with Crippen LogP contribution in [0.4, 0.5) is 4.39 Å². The molecule has 2 aromatic rings. The maximum Gasteiger partial charge on any atom is 0.271 e. The maximum atomic E-state index is 13.2. The fourth-order valence-electron chi connectivity index (χ4n) is 2.29. The molecule has 134 valence electrons. The first-order valence-corrected chi connectivity index (χ1v) is 7.94. The van der Waals surface area contributed by atoms with Crippen molar-refractivity contribution in [3.05, 3.63) is 59.2 Å². The quantitative estimate of drug-likeness (QED) is 0.781. The fourth-order valence-corrected chi connectivity index (χ4v) is 2.29. The molecule has 1 aromatic carbocycles. The highest BCUT2D eigenvalue weighted by molar-refractivity contribution is 5.93. The molecule has 0 aliphatic carbocycles. The van der Waals surface area contributed by atoms with Crippen molar-refractivity contribution >= 4 is 11.7 Å². The predicted molar refractivity (Wildman–Crippen MR) is 95.1 cm³/mol. The van der Waals surface area contributed by atoms with Gasteiger partial charge in [-0.05, 0) is 49.7 Å². The Morgan fingerprint density at radius 3 is 2.69 bits per heavy atom. The summed E-state index contributed by atoms with van der Waals surface area (Å²) in [6.07, 6.45) is 6.69. The zero-order valence-electron chi connectivity index (χ0n) is 14.5. The lowest BCUT2D eigenvalue weighted by Crippen LogP contribution is -2.42. The first kappa shape index (κ1) is 19.1. The summed E-state index contributed by atoms with van der Waals surface area (Å²) in [4.78, 5) is 28.4.